The van der Waals surface area contributed by atoms with Crippen molar-refractivity contribution in [3.8, 4) is 0 Å². The fourth-order valence-corrected chi connectivity index (χ4v) is 1.60. The van der Waals surface area contributed by atoms with Crippen LogP contribution in [0.5, 0.6) is 0 Å². The summed E-state index contributed by atoms with van der Waals surface area (Å²) in [7, 11) is 0. The molecule has 0 spiro atoms. The Kier molecular flexibility index (Phi) is 4.93. The van der Waals surface area contributed by atoms with Crippen LogP contribution in [-0.4, -0.2) is 30.4 Å². The van der Waals surface area contributed by atoms with Gasteiger partial charge in [-0.15, -0.1) is 0 Å². The summed E-state index contributed by atoms with van der Waals surface area (Å²) in [5.74, 6) is 0.179. The van der Waals surface area contributed by atoms with E-state index in [0.29, 0.717) is 25.9 Å². The molecule has 0 aromatic rings. The van der Waals surface area contributed by atoms with Crippen LogP contribution < -0.4 is 16.4 Å². The molecule has 0 bridgehead atoms. The van der Waals surface area contributed by atoms with Crippen LogP contribution in [0.3, 0.4) is 0 Å². The van der Waals surface area contributed by atoms with Gasteiger partial charge in [0.05, 0.1) is 5.54 Å². The molecule has 98 valence electrons. The van der Waals surface area contributed by atoms with Crippen LogP contribution in [0.4, 0.5) is 0 Å². The molecule has 0 aliphatic heterocycles. The molecule has 5 nitrogen and oxygen atoms in total. The lowest BCUT2D eigenvalue weighted by atomic mass is 9.93. The number of rotatable bonds is 7. The Labute approximate surface area is 103 Å². The van der Waals surface area contributed by atoms with Crippen molar-refractivity contribution < 1.29 is 9.59 Å². The first kappa shape index (κ1) is 14.0. The molecule has 0 atom stereocenters. The van der Waals surface area contributed by atoms with Crippen LogP contribution in [0.1, 0.15) is 39.5 Å². The van der Waals surface area contributed by atoms with Crippen molar-refractivity contribution in [1.82, 2.24) is 10.6 Å². The smallest absolute Gasteiger partial charge is 0.240 e. The zero-order chi connectivity index (χ0) is 12.9. The standard InChI is InChI=1S/C12H23N3O2/c1-3-12(13,4-2)11(17)15-8-7-14-10(16)9-5-6-9/h9H,3-8,13H2,1-2H3,(H,14,16)(H,15,17). The van der Waals surface area contributed by atoms with Crippen LogP contribution in [-0.2, 0) is 9.59 Å². The van der Waals surface area contributed by atoms with Crippen molar-refractivity contribution in [1.29, 1.82) is 0 Å². The van der Waals surface area contributed by atoms with Crippen LogP contribution in [0.25, 0.3) is 0 Å². The first-order chi connectivity index (χ1) is 8.03. The van der Waals surface area contributed by atoms with Crippen molar-refractivity contribution in [3.05, 3.63) is 0 Å². The average molecular weight is 241 g/mol. The molecular weight excluding hydrogens is 218 g/mol. The van der Waals surface area contributed by atoms with E-state index in [1.54, 1.807) is 0 Å². The summed E-state index contributed by atoms with van der Waals surface area (Å²) in [5, 5.41) is 5.55. The van der Waals surface area contributed by atoms with E-state index in [0.717, 1.165) is 12.8 Å². The monoisotopic (exact) mass is 241 g/mol. The van der Waals surface area contributed by atoms with E-state index < -0.39 is 5.54 Å². The second-order valence-corrected chi connectivity index (χ2v) is 4.68. The van der Waals surface area contributed by atoms with Crippen LogP contribution in [0, 0.1) is 5.92 Å². The van der Waals surface area contributed by atoms with Crippen LogP contribution in [0.2, 0.25) is 0 Å². The number of carbonyl (C=O) groups is 2. The molecule has 1 aliphatic rings. The second kappa shape index (κ2) is 6.00. The predicted octanol–water partition coefficient (Wildman–Crippen LogP) is 0.146. The van der Waals surface area contributed by atoms with Crippen molar-refractivity contribution >= 4 is 11.8 Å². The summed E-state index contributed by atoms with van der Waals surface area (Å²) in [6.45, 7) is 4.72. The lowest BCUT2D eigenvalue weighted by Gasteiger charge is -2.25. The first-order valence-corrected chi connectivity index (χ1v) is 6.38. The zero-order valence-corrected chi connectivity index (χ0v) is 10.7. The van der Waals surface area contributed by atoms with E-state index in [-0.39, 0.29) is 17.7 Å². The van der Waals surface area contributed by atoms with Gasteiger partial charge in [0.25, 0.3) is 0 Å². The molecule has 0 aromatic heterocycles. The Morgan fingerprint density at radius 3 is 2.18 bits per heavy atom. The molecule has 0 aromatic carbocycles. The Morgan fingerprint density at radius 2 is 1.71 bits per heavy atom. The topological polar surface area (TPSA) is 84.2 Å². The highest BCUT2D eigenvalue weighted by atomic mass is 16.2. The van der Waals surface area contributed by atoms with Gasteiger partial charge in [-0.2, -0.15) is 0 Å². The minimum absolute atomic E-state index is 0.101. The van der Waals surface area contributed by atoms with Gasteiger partial charge in [-0.25, -0.2) is 0 Å². The van der Waals surface area contributed by atoms with Crippen molar-refractivity contribution in [3.63, 3.8) is 0 Å². The number of nitrogens with one attached hydrogen (secondary N) is 2. The van der Waals surface area contributed by atoms with Crippen LogP contribution in [0.15, 0.2) is 0 Å². The zero-order valence-electron chi connectivity index (χ0n) is 10.7. The number of nitrogens with two attached hydrogens (primary N) is 1. The summed E-state index contributed by atoms with van der Waals surface area (Å²) in [6, 6.07) is 0. The maximum Gasteiger partial charge on any atom is 0.240 e. The molecule has 5 heteroatoms. The number of carbonyl (C=O) groups excluding carboxylic acids is 2. The highest BCUT2D eigenvalue weighted by Gasteiger charge is 2.30. The van der Waals surface area contributed by atoms with Gasteiger partial charge in [0.15, 0.2) is 0 Å². The van der Waals surface area contributed by atoms with Crippen molar-refractivity contribution in [2.75, 3.05) is 13.1 Å². The molecule has 1 aliphatic carbocycles. The highest BCUT2D eigenvalue weighted by Crippen LogP contribution is 2.28. The third kappa shape index (κ3) is 4.00. The first-order valence-electron chi connectivity index (χ1n) is 6.38. The molecule has 2 amide bonds. The minimum Gasteiger partial charge on any atom is -0.354 e. The van der Waals surface area contributed by atoms with Gasteiger partial charge in [0, 0.05) is 19.0 Å². The fourth-order valence-electron chi connectivity index (χ4n) is 1.60. The Morgan fingerprint density at radius 1 is 1.18 bits per heavy atom. The van der Waals surface area contributed by atoms with E-state index in [9.17, 15) is 9.59 Å². The lowest BCUT2D eigenvalue weighted by molar-refractivity contribution is -0.127. The molecular formula is C12H23N3O2. The second-order valence-electron chi connectivity index (χ2n) is 4.68. The van der Waals surface area contributed by atoms with Crippen molar-refractivity contribution in [2.24, 2.45) is 11.7 Å². The van der Waals surface area contributed by atoms with Gasteiger partial charge < -0.3 is 16.4 Å². The maximum atomic E-state index is 11.8. The van der Waals surface area contributed by atoms with E-state index in [1.807, 2.05) is 13.8 Å². The average Bonchev–Trinajstić information content (AvgIpc) is 3.17. The minimum atomic E-state index is -0.777. The Bertz CT molecular complexity index is 283. The molecule has 1 fully saturated rings. The molecule has 17 heavy (non-hydrogen) atoms. The normalized spacial score (nSPS) is 15.5. The van der Waals surface area contributed by atoms with Crippen molar-refractivity contribution in [2.45, 2.75) is 45.1 Å². The number of hydrogen-bond donors (Lipinski definition) is 3. The molecule has 0 radical (unpaired) electrons. The molecule has 1 saturated carbocycles. The molecule has 0 heterocycles. The molecule has 0 saturated heterocycles. The largest absolute Gasteiger partial charge is 0.354 e. The van der Waals surface area contributed by atoms with E-state index in [1.165, 1.54) is 0 Å². The SMILES string of the molecule is CCC(N)(CC)C(=O)NCCNC(=O)C1CC1. The van der Waals surface area contributed by atoms with Gasteiger partial charge in [0.1, 0.15) is 0 Å². The quantitative estimate of drug-likeness (QED) is 0.555. The summed E-state index contributed by atoms with van der Waals surface area (Å²) in [6.07, 6.45) is 3.22. The Balaban J connectivity index is 2.16. The van der Waals surface area contributed by atoms with E-state index in [4.69, 9.17) is 5.73 Å². The van der Waals surface area contributed by atoms with Gasteiger partial charge in [-0.05, 0) is 25.7 Å². The summed E-state index contributed by atoms with van der Waals surface area (Å²) in [5.41, 5.74) is 5.16. The fraction of sp³-hybridized carbons (Fsp3) is 0.833. The van der Waals surface area contributed by atoms with E-state index in [2.05, 4.69) is 10.6 Å². The molecule has 1 rings (SSSR count). The maximum absolute atomic E-state index is 11.8. The highest BCUT2D eigenvalue weighted by molar-refractivity contribution is 5.86. The number of hydrogen-bond acceptors (Lipinski definition) is 3. The number of amides is 2. The summed E-state index contributed by atoms with van der Waals surface area (Å²) < 4.78 is 0. The van der Waals surface area contributed by atoms with Gasteiger partial charge in [0.2, 0.25) is 11.8 Å². The molecule has 4 N–H and O–H groups in total. The summed E-state index contributed by atoms with van der Waals surface area (Å²) in [4.78, 5) is 23.1. The van der Waals surface area contributed by atoms with Crippen LogP contribution >= 0.6 is 0 Å². The third-order valence-corrected chi connectivity index (χ3v) is 3.37. The van der Waals surface area contributed by atoms with Gasteiger partial charge >= 0.3 is 0 Å². The third-order valence-electron chi connectivity index (χ3n) is 3.37. The van der Waals surface area contributed by atoms with Gasteiger partial charge in [-0.3, -0.25) is 9.59 Å². The van der Waals surface area contributed by atoms with E-state index >= 15 is 0 Å². The lowest BCUT2D eigenvalue weighted by Crippen LogP contribution is -2.54. The molecule has 0 unspecified atom stereocenters. The predicted molar refractivity (Wildman–Crippen MR) is 66.2 cm³/mol. The van der Waals surface area contributed by atoms with Gasteiger partial charge in [-0.1, -0.05) is 13.8 Å². The summed E-state index contributed by atoms with van der Waals surface area (Å²) >= 11 is 0. The Hall–Kier alpha value is -1.10.